The van der Waals surface area contributed by atoms with Crippen LogP contribution in [0, 0.1) is 12.8 Å². The Bertz CT molecular complexity index is 1620. The quantitative estimate of drug-likeness (QED) is 0.256. The first-order valence-electron chi connectivity index (χ1n) is 12.4. The largest absolute Gasteiger partial charge is 0.379 e. The van der Waals surface area contributed by atoms with E-state index >= 15 is 0 Å². The van der Waals surface area contributed by atoms with Crippen molar-refractivity contribution < 1.29 is 27.0 Å². The molecule has 2 fully saturated rings. The molecule has 4 aromatic carbocycles. The van der Waals surface area contributed by atoms with Crippen molar-refractivity contribution in [1.82, 2.24) is 0 Å². The van der Waals surface area contributed by atoms with Crippen LogP contribution in [0.4, 0.5) is 11.4 Å². The van der Waals surface area contributed by atoms with Gasteiger partial charge in [0.2, 0.25) is 5.91 Å². The van der Waals surface area contributed by atoms with Crippen LogP contribution in [0.25, 0.3) is 0 Å². The molecule has 39 heavy (non-hydrogen) atoms. The van der Waals surface area contributed by atoms with E-state index in [9.17, 15) is 18.0 Å². The van der Waals surface area contributed by atoms with E-state index in [2.05, 4.69) is 0 Å². The number of amides is 2. The minimum atomic E-state index is -4.01. The molecule has 9 heteroatoms. The summed E-state index contributed by atoms with van der Waals surface area (Å²) in [5.41, 5.74) is 2.86. The van der Waals surface area contributed by atoms with Gasteiger partial charge in [-0.05, 0) is 61.0 Å². The lowest BCUT2D eigenvalue weighted by Gasteiger charge is -2.28. The topological polar surface area (TPSA) is 93.2 Å². The van der Waals surface area contributed by atoms with Crippen LogP contribution in [-0.2, 0) is 24.5 Å². The van der Waals surface area contributed by atoms with Crippen LogP contribution >= 0.6 is 0 Å². The number of hydrogen-bond donors (Lipinski definition) is 0. The Hall–Kier alpha value is -4.47. The summed E-state index contributed by atoms with van der Waals surface area (Å²) >= 11 is 0. The average molecular weight is 541 g/mol. The van der Waals surface area contributed by atoms with Crippen LogP contribution in [0.15, 0.2) is 114 Å². The number of hydrogen-bond acceptors (Lipinski definition) is 7. The van der Waals surface area contributed by atoms with Crippen LogP contribution in [-0.4, -0.2) is 26.3 Å². The highest BCUT2D eigenvalue weighted by Crippen LogP contribution is 2.47. The molecular formula is C30H24N2O6S. The number of fused-ring (bicyclic) bond motifs is 1. The average Bonchev–Trinajstić information content (AvgIpc) is 3.46. The van der Waals surface area contributed by atoms with Gasteiger partial charge in [0.25, 0.3) is 5.91 Å². The third-order valence-electron chi connectivity index (χ3n) is 6.88. The number of para-hydroxylation sites is 1. The molecular weight excluding hydrogens is 516 g/mol. The van der Waals surface area contributed by atoms with Crippen molar-refractivity contribution in [2.45, 2.75) is 24.0 Å². The number of rotatable bonds is 6. The number of imide groups is 1. The maximum atomic E-state index is 13.7. The molecule has 2 aliphatic rings. The maximum absolute atomic E-state index is 13.7. The molecule has 2 saturated heterocycles. The second-order valence-electron chi connectivity index (χ2n) is 9.42. The van der Waals surface area contributed by atoms with Crippen LogP contribution < -0.4 is 14.1 Å². The van der Waals surface area contributed by atoms with Gasteiger partial charge in [0.15, 0.2) is 6.10 Å². The first-order valence-corrected chi connectivity index (χ1v) is 13.8. The third-order valence-corrected chi connectivity index (χ3v) is 8.14. The van der Waals surface area contributed by atoms with Gasteiger partial charge in [0.05, 0.1) is 17.4 Å². The predicted molar refractivity (Wildman–Crippen MR) is 144 cm³/mol. The molecule has 196 valence electrons. The summed E-state index contributed by atoms with van der Waals surface area (Å²) < 4.78 is 30.6. The maximum Gasteiger partial charge on any atom is 0.339 e. The SMILES string of the molecule is Cc1ccc(N2C(=O)[C@@H]3[C@H](ON(c4ccccc4)[C@H]3c3ccc(OS(=O)(=O)c4ccccc4)cc3)C2=O)cc1. The van der Waals surface area contributed by atoms with Crippen molar-refractivity contribution in [3.8, 4) is 5.75 Å². The molecule has 0 aliphatic carbocycles. The number of benzene rings is 4. The molecule has 2 aliphatic heterocycles. The van der Waals surface area contributed by atoms with Crippen molar-refractivity contribution in [3.63, 3.8) is 0 Å². The van der Waals surface area contributed by atoms with Crippen molar-refractivity contribution in [1.29, 1.82) is 0 Å². The Balaban J connectivity index is 1.34. The van der Waals surface area contributed by atoms with Gasteiger partial charge in [-0.1, -0.05) is 66.2 Å². The lowest BCUT2D eigenvalue weighted by molar-refractivity contribution is -0.126. The first kappa shape index (κ1) is 24.8. The van der Waals surface area contributed by atoms with Crippen molar-refractivity contribution >= 4 is 33.3 Å². The second-order valence-corrected chi connectivity index (χ2v) is 11.0. The van der Waals surface area contributed by atoms with E-state index in [1.807, 2.05) is 49.4 Å². The molecule has 4 aromatic rings. The van der Waals surface area contributed by atoms with Gasteiger partial charge in [-0.2, -0.15) is 8.42 Å². The number of carbonyl (C=O) groups excluding carboxylic acids is 2. The van der Waals surface area contributed by atoms with Gasteiger partial charge >= 0.3 is 10.1 Å². The first-order chi connectivity index (χ1) is 18.8. The molecule has 0 bridgehead atoms. The number of anilines is 2. The minimum absolute atomic E-state index is 0.0441. The molecule has 0 spiro atoms. The highest BCUT2D eigenvalue weighted by atomic mass is 32.2. The van der Waals surface area contributed by atoms with Crippen LogP contribution in [0.1, 0.15) is 17.2 Å². The monoisotopic (exact) mass is 540 g/mol. The van der Waals surface area contributed by atoms with E-state index in [4.69, 9.17) is 9.02 Å². The Kier molecular flexibility index (Phi) is 6.17. The third kappa shape index (κ3) is 4.45. The molecule has 0 aromatic heterocycles. The van der Waals surface area contributed by atoms with Gasteiger partial charge in [0, 0.05) is 0 Å². The van der Waals surface area contributed by atoms with Gasteiger partial charge in [-0.15, -0.1) is 0 Å². The van der Waals surface area contributed by atoms with Gasteiger partial charge in [-0.3, -0.25) is 14.4 Å². The summed E-state index contributed by atoms with van der Waals surface area (Å²) in [6.45, 7) is 1.93. The normalized spacial score (nSPS) is 20.8. The second kappa shape index (κ2) is 9.68. The molecule has 8 nitrogen and oxygen atoms in total. The smallest absolute Gasteiger partial charge is 0.339 e. The van der Waals surface area contributed by atoms with Gasteiger partial charge < -0.3 is 4.18 Å². The highest BCUT2D eigenvalue weighted by Gasteiger charge is 2.60. The molecule has 0 N–H and O–H groups in total. The Morgan fingerprint density at radius 2 is 1.33 bits per heavy atom. The molecule has 3 atom stereocenters. The summed E-state index contributed by atoms with van der Waals surface area (Å²) in [6, 6.07) is 30.1. The highest BCUT2D eigenvalue weighted by molar-refractivity contribution is 7.87. The summed E-state index contributed by atoms with van der Waals surface area (Å²) in [7, 11) is -4.01. The number of hydroxylamine groups is 1. The number of aryl methyl sites for hydroxylation is 1. The summed E-state index contributed by atoms with van der Waals surface area (Å²) in [4.78, 5) is 34.6. The lowest BCUT2D eigenvalue weighted by Crippen LogP contribution is -2.37. The number of carbonyl (C=O) groups is 2. The summed E-state index contributed by atoms with van der Waals surface area (Å²) in [5, 5.41) is 1.59. The van der Waals surface area contributed by atoms with Gasteiger partial charge in [-0.25, -0.2) is 9.96 Å². The fourth-order valence-corrected chi connectivity index (χ4v) is 5.93. The van der Waals surface area contributed by atoms with Crippen LogP contribution in [0.3, 0.4) is 0 Å². The fraction of sp³-hybridized carbons (Fsp3) is 0.133. The van der Waals surface area contributed by atoms with E-state index in [0.29, 0.717) is 16.9 Å². The van der Waals surface area contributed by atoms with E-state index in [1.165, 1.54) is 29.2 Å². The molecule has 6 rings (SSSR count). The van der Waals surface area contributed by atoms with Crippen LogP contribution in [0.5, 0.6) is 5.75 Å². The molecule has 2 heterocycles. The number of nitrogens with zero attached hydrogens (tertiary/aromatic N) is 2. The zero-order chi connectivity index (χ0) is 27.1. The summed E-state index contributed by atoms with van der Waals surface area (Å²) in [5.74, 6) is -1.46. The van der Waals surface area contributed by atoms with Crippen LogP contribution in [0.2, 0.25) is 0 Å². The molecule has 0 radical (unpaired) electrons. The predicted octanol–water partition coefficient (Wildman–Crippen LogP) is 4.81. The van der Waals surface area contributed by atoms with Crippen molar-refractivity contribution in [3.05, 3.63) is 120 Å². The molecule has 2 amide bonds. The summed E-state index contributed by atoms with van der Waals surface area (Å²) in [6.07, 6.45) is -1.00. The van der Waals surface area contributed by atoms with E-state index in [-0.39, 0.29) is 16.6 Å². The minimum Gasteiger partial charge on any atom is -0.379 e. The molecule has 0 unspecified atom stereocenters. The Labute approximate surface area is 226 Å². The lowest BCUT2D eigenvalue weighted by atomic mass is 9.90. The van der Waals surface area contributed by atoms with E-state index in [1.54, 1.807) is 47.5 Å². The Morgan fingerprint density at radius 1 is 0.718 bits per heavy atom. The fourth-order valence-electron chi connectivity index (χ4n) is 4.98. The van der Waals surface area contributed by atoms with E-state index in [0.717, 1.165) is 5.56 Å². The zero-order valence-corrected chi connectivity index (χ0v) is 21.7. The zero-order valence-electron chi connectivity index (χ0n) is 20.9. The van der Waals surface area contributed by atoms with E-state index < -0.39 is 34.1 Å². The van der Waals surface area contributed by atoms with Crippen molar-refractivity contribution in [2.75, 3.05) is 9.96 Å². The van der Waals surface area contributed by atoms with Crippen molar-refractivity contribution in [2.24, 2.45) is 5.92 Å². The standard InChI is InChI=1S/C30H24N2O6S/c1-20-12-16-22(17-13-20)31-29(33)26-27(32(37-28(26)30(31)34)23-8-4-2-5-9-23)21-14-18-24(19-15-21)38-39(35,36)25-10-6-3-7-11-25/h2-19,26-28H,1H3/t26-,27-,28-/m0/s1. The van der Waals surface area contributed by atoms with Gasteiger partial charge in [0.1, 0.15) is 16.6 Å². The molecule has 0 saturated carbocycles. The Morgan fingerprint density at radius 3 is 1.97 bits per heavy atom.